The Morgan fingerprint density at radius 2 is 1.77 bits per heavy atom. The van der Waals surface area contributed by atoms with Gasteiger partial charge in [0.15, 0.2) is 0 Å². The Balaban J connectivity index is 2.10. The molecule has 1 aromatic carbocycles. The Labute approximate surface area is 139 Å². The van der Waals surface area contributed by atoms with Gasteiger partial charge in [-0.15, -0.1) is 0 Å². The van der Waals surface area contributed by atoms with Crippen molar-refractivity contribution in [2.75, 3.05) is 10.6 Å². The Morgan fingerprint density at radius 1 is 1.14 bits per heavy atom. The molecule has 0 atom stereocenters. The van der Waals surface area contributed by atoms with Crippen LogP contribution in [-0.4, -0.2) is 21.4 Å². The molecule has 1 heterocycles. The minimum Gasteiger partial charge on any atom is -0.350 e. The molecule has 0 bridgehead atoms. The molecule has 0 aliphatic carbocycles. The molecule has 0 saturated carbocycles. The van der Waals surface area contributed by atoms with Gasteiger partial charge in [0.2, 0.25) is 5.95 Å². The predicted molar refractivity (Wildman–Crippen MR) is 89.8 cm³/mol. The number of benzene rings is 1. The van der Waals surface area contributed by atoms with E-state index in [9.17, 15) is 4.79 Å². The van der Waals surface area contributed by atoms with Crippen molar-refractivity contribution in [3.8, 4) is 0 Å². The number of rotatable bonds is 3. The lowest BCUT2D eigenvalue weighted by Gasteiger charge is -2.20. The summed E-state index contributed by atoms with van der Waals surface area (Å²) in [6, 6.07) is 4.85. The number of carbonyl (C=O) groups excluding carboxylic acids is 1. The summed E-state index contributed by atoms with van der Waals surface area (Å²) >= 11 is 11.8. The van der Waals surface area contributed by atoms with Gasteiger partial charge >= 0.3 is 0 Å². The summed E-state index contributed by atoms with van der Waals surface area (Å²) in [4.78, 5) is 20.4. The van der Waals surface area contributed by atoms with Crippen LogP contribution in [0.25, 0.3) is 0 Å². The first-order chi connectivity index (χ1) is 10.2. The van der Waals surface area contributed by atoms with Crippen LogP contribution in [0.3, 0.4) is 0 Å². The summed E-state index contributed by atoms with van der Waals surface area (Å²) in [6.45, 7) is 6.00. The van der Waals surface area contributed by atoms with Gasteiger partial charge in [0.1, 0.15) is 0 Å². The molecule has 0 radical (unpaired) electrons. The van der Waals surface area contributed by atoms with Crippen LogP contribution >= 0.6 is 23.2 Å². The number of nitrogens with zero attached hydrogens (tertiary/aromatic N) is 2. The Morgan fingerprint density at radius 3 is 2.32 bits per heavy atom. The first kappa shape index (κ1) is 16.5. The van der Waals surface area contributed by atoms with E-state index in [2.05, 4.69) is 20.6 Å². The van der Waals surface area contributed by atoms with Crippen molar-refractivity contribution in [2.24, 2.45) is 0 Å². The third kappa shape index (κ3) is 4.58. The molecule has 0 fully saturated rings. The smallest absolute Gasteiger partial charge is 0.258 e. The number of aromatic nitrogens is 2. The summed E-state index contributed by atoms with van der Waals surface area (Å²) in [5, 5.41) is 6.69. The number of hydrogen-bond donors (Lipinski definition) is 2. The van der Waals surface area contributed by atoms with E-state index in [4.69, 9.17) is 23.2 Å². The average Bonchev–Trinajstić information content (AvgIpc) is 2.41. The van der Waals surface area contributed by atoms with Gasteiger partial charge in [0.05, 0.1) is 16.3 Å². The van der Waals surface area contributed by atoms with Crippen molar-refractivity contribution in [1.29, 1.82) is 0 Å². The van der Waals surface area contributed by atoms with Crippen molar-refractivity contribution in [3.05, 3.63) is 46.2 Å². The van der Waals surface area contributed by atoms with Crippen LogP contribution in [0.5, 0.6) is 0 Å². The van der Waals surface area contributed by atoms with E-state index < -0.39 is 0 Å². The average molecular weight is 339 g/mol. The molecule has 5 nitrogen and oxygen atoms in total. The molecule has 0 unspecified atom stereocenters. The van der Waals surface area contributed by atoms with E-state index in [1.807, 2.05) is 20.8 Å². The Kier molecular flexibility index (Phi) is 4.88. The summed E-state index contributed by atoms with van der Waals surface area (Å²) in [5.74, 6) is 0.125. The fourth-order valence-corrected chi connectivity index (χ4v) is 2.09. The third-order valence-corrected chi connectivity index (χ3v) is 3.13. The minimum absolute atomic E-state index is 0.152. The quantitative estimate of drug-likeness (QED) is 0.877. The van der Waals surface area contributed by atoms with Crippen molar-refractivity contribution >= 4 is 40.7 Å². The lowest BCUT2D eigenvalue weighted by atomic mass is 10.1. The van der Waals surface area contributed by atoms with Gasteiger partial charge in [0, 0.05) is 23.0 Å². The van der Waals surface area contributed by atoms with Crippen molar-refractivity contribution in [3.63, 3.8) is 0 Å². The molecular weight excluding hydrogens is 323 g/mol. The molecule has 0 aliphatic rings. The van der Waals surface area contributed by atoms with E-state index in [1.165, 1.54) is 12.4 Å². The van der Waals surface area contributed by atoms with Crippen LogP contribution in [0.1, 0.15) is 31.1 Å². The predicted octanol–water partition coefficient (Wildman–Crippen LogP) is 4.25. The van der Waals surface area contributed by atoms with Crippen LogP contribution in [0.4, 0.5) is 11.6 Å². The second-order valence-electron chi connectivity index (χ2n) is 5.75. The number of nitrogens with one attached hydrogen (secondary N) is 2. The zero-order valence-electron chi connectivity index (χ0n) is 12.4. The van der Waals surface area contributed by atoms with E-state index >= 15 is 0 Å². The highest BCUT2D eigenvalue weighted by molar-refractivity contribution is 6.36. The number of anilines is 2. The van der Waals surface area contributed by atoms with Crippen molar-refractivity contribution < 1.29 is 4.79 Å². The summed E-state index contributed by atoms with van der Waals surface area (Å²) in [5.41, 5.74) is 0.666. The summed E-state index contributed by atoms with van der Waals surface area (Å²) in [6.07, 6.45) is 2.92. The zero-order valence-corrected chi connectivity index (χ0v) is 14.0. The van der Waals surface area contributed by atoms with Gasteiger partial charge in [-0.05, 0) is 39.0 Å². The largest absolute Gasteiger partial charge is 0.350 e. The monoisotopic (exact) mass is 338 g/mol. The van der Waals surface area contributed by atoms with E-state index in [-0.39, 0.29) is 11.4 Å². The maximum absolute atomic E-state index is 12.1. The normalized spacial score (nSPS) is 11.1. The van der Waals surface area contributed by atoms with Gasteiger partial charge in [-0.3, -0.25) is 4.79 Å². The molecule has 22 heavy (non-hydrogen) atoms. The molecule has 0 saturated heterocycles. The molecule has 0 spiro atoms. The van der Waals surface area contributed by atoms with Gasteiger partial charge in [-0.25, -0.2) is 9.97 Å². The maximum Gasteiger partial charge on any atom is 0.258 e. The highest BCUT2D eigenvalue weighted by Gasteiger charge is 2.13. The van der Waals surface area contributed by atoms with E-state index in [0.717, 1.165) is 0 Å². The molecular formula is C15H16Cl2N4O. The van der Waals surface area contributed by atoms with Crippen molar-refractivity contribution in [1.82, 2.24) is 9.97 Å². The standard InChI is InChI=1S/C15H16Cl2N4O/c1-15(2,3)21-14-18-7-9(8-19-14)13(22)20-12-5-4-10(16)6-11(12)17/h4-8H,1-3H3,(H,20,22)(H,18,19,21). The third-order valence-electron chi connectivity index (χ3n) is 2.58. The Hall–Kier alpha value is -1.85. The molecule has 2 rings (SSSR count). The highest BCUT2D eigenvalue weighted by Crippen LogP contribution is 2.25. The SMILES string of the molecule is CC(C)(C)Nc1ncc(C(=O)Nc2ccc(Cl)cc2Cl)cn1. The fraction of sp³-hybridized carbons (Fsp3) is 0.267. The second kappa shape index (κ2) is 6.50. The zero-order chi connectivity index (χ0) is 16.3. The highest BCUT2D eigenvalue weighted by atomic mass is 35.5. The molecule has 116 valence electrons. The van der Waals surface area contributed by atoms with Gasteiger partial charge < -0.3 is 10.6 Å². The van der Waals surface area contributed by atoms with Crippen LogP contribution in [-0.2, 0) is 0 Å². The summed E-state index contributed by atoms with van der Waals surface area (Å²) in [7, 11) is 0. The topological polar surface area (TPSA) is 66.9 Å². The van der Waals surface area contributed by atoms with Gasteiger partial charge in [-0.1, -0.05) is 23.2 Å². The van der Waals surface area contributed by atoms with Crippen LogP contribution in [0.2, 0.25) is 10.0 Å². The maximum atomic E-state index is 12.1. The number of carbonyl (C=O) groups is 1. The molecule has 2 aromatic rings. The van der Waals surface area contributed by atoms with E-state index in [0.29, 0.717) is 27.2 Å². The lowest BCUT2D eigenvalue weighted by molar-refractivity contribution is 0.102. The molecule has 1 amide bonds. The van der Waals surface area contributed by atoms with Gasteiger partial charge in [-0.2, -0.15) is 0 Å². The molecule has 2 N–H and O–H groups in total. The number of hydrogen-bond acceptors (Lipinski definition) is 4. The second-order valence-corrected chi connectivity index (χ2v) is 6.59. The fourth-order valence-electron chi connectivity index (χ4n) is 1.63. The van der Waals surface area contributed by atoms with Crippen molar-refractivity contribution in [2.45, 2.75) is 26.3 Å². The molecule has 7 heteroatoms. The first-order valence-electron chi connectivity index (χ1n) is 6.61. The van der Waals surface area contributed by atoms with Crippen LogP contribution in [0, 0.1) is 0 Å². The van der Waals surface area contributed by atoms with E-state index in [1.54, 1.807) is 18.2 Å². The van der Waals surface area contributed by atoms with Crippen LogP contribution < -0.4 is 10.6 Å². The summed E-state index contributed by atoms with van der Waals surface area (Å²) < 4.78 is 0. The Bertz CT molecular complexity index is 681. The first-order valence-corrected chi connectivity index (χ1v) is 7.37. The minimum atomic E-state index is -0.341. The molecule has 0 aliphatic heterocycles. The number of amides is 1. The lowest BCUT2D eigenvalue weighted by Crippen LogP contribution is -2.27. The van der Waals surface area contributed by atoms with Crippen LogP contribution in [0.15, 0.2) is 30.6 Å². The van der Waals surface area contributed by atoms with Gasteiger partial charge in [0.25, 0.3) is 5.91 Å². The molecule has 1 aromatic heterocycles. The number of halogens is 2.